The van der Waals surface area contributed by atoms with Gasteiger partial charge in [-0.05, 0) is 45.2 Å². The first-order chi connectivity index (χ1) is 8.53. The number of carbonyl (C=O) groups is 1. The van der Waals surface area contributed by atoms with Gasteiger partial charge in [-0.1, -0.05) is 0 Å². The zero-order valence-corrected chi connectivity index (χ0v) is 11.4. The highest BCUT2D eigenvalue weighted by atomic mass is 32.2. The smallest absolute Gasteiger partial charge is 0.421 e. The Morgan fingerprint density at radius 2 is 2.06 bits per heavy atom. The van der Waals surface area contributed by atoms with E-state index in [2.05, 4.69) is 14.8 Å². The first-order valence-electron chi connectivity index (χ1n) is 6.18. The maximum Gasteiger partial charge on any atom is 0.421 e. The molecule has 1 rings (SSSR count). The van der Waals surface area contributed by atoms with E-state index in [1.165, 1.54) is 0 Å². The minimum absolute atomic E-state index is 0.135. The molecule has 0 saturated carbocycles. The van der Waals surface area contributed by atoms with Crippen molar-refractivity contribution in [2.45, 2.75) is 26.2 Å². The van der Waals surface area contributed by atoms with Crippen LogP contribution in [0.15, 0.2) is 0 Å². The Kier molecular flexibility index (Phi) is 6.37. The summed E-state index contributed by atoms with van der Waals surface area (Å²) in [6.07, 6.45) is 1.96. The molecule has 1 heterocycles. The lowest BCUT2D eigenvalue weighted by Crippen LogP contribution is -2.41. The van der Waals surface area contributed by atoms with E-state index in [4.69, 9.17) is 0 Å². The van der Waals surface area contributed by atoms with Crippen LogP contribution in [0.2, 0.25) is 0 Å². The second-order valence-corrected chi connectivity index (χ2v) is 5.70. The van der Waals surface area contributed by atoms with Crippen molar-refractivity contribution in [3.8, 4) is 0 Å². The van der Waals surface area contributed by atoms with Crippen molar-refractivity contribution in [3.63, 3.8) is 0 Å². The lowest BCUT2D eigenvalue weighted by Gasteiger charge is -2.22. The third-order valence-corrected chi connectivity index (χ3v) is 3.82. The van der Waals surface area contributed by atoms with Crippen molar-refractivity contribution in [3.05, 3.63) is 0 Å². The van der Waals surface area contributed by atoms with Crippen LogP contribution in [0.4, 0.5) is 4.79 Å². The molecule has 1 amide bonds. The quantitative estimate of drug-likeness (QED) is 0.634. The molecule has 1 saturated heterocycles. The Bertz CT molecular complexity index is 352. The number of nitrogens with one attached hydrogen (secondary N) is 3. The molecule has 0 aromatic rings. The molecule has 0 aromatic carbocycles. The average molecular weight is 279 g/mol. The predicted octanol–water partition coefficient (Wildman–Crippen LogP) is -0.0434. The standard InChI is InChI=1S/C10H21N3O4S/c1-2-17-10(14)13-18(15,16)12-8-5-9-3-6-11-7-4-9/h9,11-12H,2-8H2,1H3,(H,13,14). The zero-order valence-electron chi connectivity index (χ0n) is 10.6. The normalized spacial score (nSPS) is 17.4. The van der Waals surface area contributed by atoms with Crippen molar-refractivity contribution in [1.82, 2.24) is 14.8 Å². The molecule has 3 N–H and O–H groups in total. The molecule has 18 heavy (non-hydrogen) atoms. The predicted molar refractivity (Wildman–Crippen MR) is 67.3 cm³/mol. The zero-order chi connectivity index (χ0) is 13.4. The number of hydrogen-bond donors (Lipinski definition) is 3. The van der Waals surface area contributed by atoms with E-state index < -0.39 is 16.3 Å². The number of piperidine rings is 1. The van der Waals surface area contributed by atoms with Gasteiger partial charge in [0.25, 0.3) is 0 Å². The SMILES string of the molecule is CCOC(=O)NS(=O)(=O)NCCC1CCNCC1. The van der Waals surface area contributed by atoms with Crippen molar-refractivity contribution < 1.29 is 17.9 Å². The topological polar surface area (TPSA) is 96.5 Å². The van der Waals surface area contributed by atoms with Gasteiger partial charge < -0.3 is 10.1 Å². The summed E-state index contributed by atoms with van der Waals surface area (Å²) in [4.78, 5) is 11.0. The summed E-state index contributed by atoms with van der Waals surface area (Å²) < 4.78 is 31.5. The molecule has 0 aromatic heterocycles. The lowest BCUT2D eigenvalue weighted by atomic mass is 9.95. The molecule has 7 nitrogen and oxygen atoms in total. The van der Waals surface area contributed by atoms with Crippen LogP contribution < -0.4 is 14.8 Å². The minimum atomic E-state index is -3.79. The van der Waals surface area contributed by atoms with Crippen LogP contribution >= 0.6 is 0 Å². The second kappa shape index (κ2) is 7.55. The fourth-order valence-electron chi connectivity index (χ4n) is 1.87. The molecule has 0 spiro atoms. The van der Waals surface area contributed by atoms with E-state index in [-0.39, 0.29) is 6.61 Å². The van der Waals surface area contributed by atoms with E-state index in [1.807, 2.05) is 0 Å². The highest BCUT2D eigenvalue weighted by Gasteiger charge is 2.16. The number of carbonyl (C=O) groups excluding carboxylic acids is 1. The molecule has 1 fully saturated rings. The highest BCUT2D eigenvalue weighted by Crippen LogP contribution is 2.14. The molecule has 0 bridgehead atoms. The van der Waals surface area contributed by atoms with Gasteiger partial charge in [-0.25, -0.2) is 9.52 Å². The van der Waals surface area contributed by atoms with Crippen LogP contribution in [0.5, 0.6) is 0 Å². The summed E-state index contributed by atoms with van der Waals surface area (Å²) in [5.41, 5.74) is 0. The van der Waals surface area contributed by atoms with Crippen molar-refractivity contribution in [1.29, 1.82) is 0 Å². The van der Waals surface area contributed by atoms with Gasteiger partial charge in [0.2, 0.25) is 0 Å². The van der Waals surface area contributed by atoms with Crippen LogP contribution in [0.1, 0.15) is 26.2 Å². The minimum Gasteiger partial charge on any atom is -0.449 e. The van der Waals surface area contributed by atoms with E-state index >= 15 is 0 Å². The van der Waals surface area contributed by atoms with Crippen molar-refractivity contribution >= 4 is 16.3 Å². The van der Waals surface area contributed by atoms with E-state index in [0.717, 1.165) is 32.4 Å². The van der Waals surface area contributed by atoms with Crippen molar-refractivity contribution in [2.24, 2.45) is 5.92 Å². The Hall–Kier alpha value is -0.860. The third kappa shape index (κ3) is 6.18. The maximum absolute atomic E-state index is 11.4. The van der Waals surface area contributed by atoms with Crippen LogP contribution in [-0.4, -0.2) is 40.8 Å². The van der Waals surface area contributed by atoms with Gasteiger partial charge in [0.1, 0.15) is 0 Å². The van der Waals surface area contributed by atoms with E-state index in [9.17, 15) is 13.2 Å². The van der Waals surface area contributed by atoms with E-state index in [1.54, 1.807) is 11.6 Å². The summed E-state index contributed by atoms with van der Waals surface area (Å²) in [6.45, 7) is 4.05. The Labute approximate surface area is 108 Å². The average Bonchev–Trinajstić information content (AvgIpc) is 2.29. The van der Waals surface area contributed by atoms with Gasteiger partial charge in [-0.15, -0.1) is 0 Å². The molecule has 0 aliphatic carbocycles. The molecule has 8 heteroatoms. The molecule has 0 atom stereocenters. The summed E-state index contributed by atoms with van der Waals surface area (Å²) in [5, 5.41) is 3.25. The summed E-state index contributed by atoms with van der Waals surface area (Å²) in [5.74, 6) is 0.538. The number of hydrogen-bond acceptors (Lipinski definition) is 5. The summed E-state index contributed by atoms with van der Waals surface area (Å²) >= 11 is 0. The molecule has 0 unspecified atom stereocenters. The van der Waals surface area contributed by atoms with Crippen LogP contribution in [0, 0.1) is 5.92 Å². The van der Waals surface area contributed by atoms with Gasteiger partial charge in [-0.3, -0.25) is 0 Å². The molecular weight excluding hydrogens is 258 g/mol. The van der Waals surface area contributed by atoms with Crippen LogP contribution in [0.25, 0.3) is 0 Å². The van der Waals surface area contributed by atoms with Crippen LogP contribution in [-0.2, 0) is 14.9 Å². The second-order valence-electron chi connectivity index (χ2n) is 4.20. The van der Waals surface area contributed by atoms with E-state index in [0.29, 0.717) is 12.5 Å². The van der Waals surface area contributed by atoms with Gasteiger partial charge >= 0.3 is 16.3 Å². The molecule has 0 radical (unpaired) electrons. The monoisotopic (exact) mass is 279 g/mol. The molecular formula is C10H21N3O4S. The molecule has 1 aliphatic rings. The van der Waals surface area contributed by atoms with Crippen molar-refractivity contribution in [2.75, 3.05) is 26.2 Å². The first-order valence-corrected chi connectivity index (χ1v) is 7.66. The molecule has 1 aliphatic heterocycles. The van der Waals surface area contributed by atoms with Gasteiger partial charge in [0.05, 0.1) is 6.61 Å². The largest absolute Gasteiger partial charge is 0.449 e. The van der Waals surface area contributed by atoms with Crippen LogP contribution in [0.3, 0.4) is 0 Å². The fraction of sp³-hybridized carbons (Fsp3) is 0.900. The third-order valence-electron chi connectivity index (χ3n) is 2.80. The number of rotatable bonds is 6. The Balaban J connectivity index is 2.22. The maximum atomic E-state index is 11.4. The highest BCUT2D eigenvalue weighted by molar-refractivity contribution is 7.88. The first kappa shape index (κ1) is 15.2. The molecule has 106 valence electrons. The number of amides is 1. The lowest BCUT2D eigenvalue weighted by molar-refractivity contribution is 0.158. The van der Waals surface area contributed by atoms with Gasteiger partial charge in [0.15, 0.2) is 0 Å². The van der Waals surface area contributed by atoms with Gasteiger partial charge in [0, 0.05) is 6.54 Å². The Morgan fingerprint density at radius 1 is 1.39 bits per heavy atom. The summed E-state index contributed by atoms with van der Waals surface area (Å²) in [6, 6.07) is 0. The summed E-state index contributed by atoms with van der Waals surface area (Å²) in [7, 11) is -3.79. The fourth-order valence-corrected chi connectivity index (χ4v) is 2.61. The van der Waals surface area contributed by atoms with Gasteiger partial charge in [-0.2, -0.15) is 13.1 Å². The Morgan fingerprint density at radius 3 is 2.67 bits per heavy atom. The number of ether oxygens (including phenoxy) is 1.